The Morgan fingerprint density at radius 2 is 1.77 bits per heavy atom. The fourth-order valence-corrected chi connectivity index (χ4v) is 2.88. The van der Waals surface area contributed by atoms with Crippen molar-refractivity contribution in [3.63, 3.8) is 0 Å². The number of imidazole rings is 1. The van der Waals surface area contributed by atoms with Crippen LogP contribution in [-0.4, -0.2) is 56.2 Å². The first-order chi connectivity index (χ1) is 14.7. The average molecular weight is 427 g/mol. The number of pyridine rings is 1. The Morgan fingerprint density at radius 3 is 2.35 bits per heavy atom. The average Bonchev–Trinajstić information content (AvgIpc) is 3.11. The number of hydrogen-bond donors (Lipinski definition) is 4. The Bertz CT molecular complexity index is 1100. The number of hydrogen-bond acceptors (Lipinski definition) is 6. The third-order valence-corrected chi connectivity index (χ3v) is 3.98. The number of nitrogens with zero attached hydrogens (tertiary/aromatic N) is 3. The van der Waals surface area contributed by atoms with E-state index in [9.17, 15) is 14.4 Å². The molecule has 3 aromatic rings. The number of aliphatic carboxylic acids is 2. The number of carbonyl (C=O) groups excluding carboxylic acids is 1. The standard InChI is InChI=1S/C17H21N5O.C4H4O4/c1-11(2)9-22-10-19-15-16(22)12-6-4-5-7-13(12)20-17(15)21-14(23)8-18-3;5-3(6)1-2-4(7)8/h4-7,10-11,18H,8-9H2,1-3H3,(H,20,21,23);1-2H,(H,5,6)(H,7,8)/b;2-1-. The van der Waals surface area contributed by atoms with Gasteiger partial charge in [0.1, 0.15) is 5.52 Å². The van der Waals surface area contributed by atoms with Gasteiger partial charge in [-0.15, -0.1) is 0 Å². The largest absolute Gasteiger partial charge is 0.478 e. The quantitative estimate of drug-likeness (QED) is 0.419. The third-order valence-electron chi connectivity index (χ3n) is 3.98. The summed E-state index contributed by atoms with van der Waals surface area (Å²) in [5.41, 5.74) is 2.60. The van der Waals surface area contributed by atoms with Crippen LogP contribution in [0.15, 0.2) is 42.7 Å². The molecule has 0 bridgehead atoms. The van der Waals surface area contributed by atoms with Crippen molar-refractivity contribution >= 4 is 45.6 Å². The maximum atomic E-state index is 11.9. The smallest absolute Gasteiger partial charge is 0.328 e. The number of anilines is 1. The van der Waals surface area contributed by atoms with Crippen LogP contribution in [0.25, 0.3) is 21.9 Å². The molecule has 0 unspecified atom stereocenters. The van der Waals surface area contributed by atoms with E-state index in [0.29, 0.717) is 23.9 Å². The normalized spacial score (nSPS) is 11.0. The van der Waals surface area contributed by atoms with Gasteiger partial charge in [0.2, 0.25) is 5.91 Å². The van der Waals surface area contributed by atoms with Crippen molar-refractivity contribution in [2.45, 2.75) is 20.4 Å². The Balaban J connectivity index is 0.000000366. The molecule has 10 nitrogen and oxygen atoms in total. The van der Waals surface area contributed by atoms with E-state index in [0.717, 1.165) is 28.5 Å². The fourth-order valence-electron chi connectivity index (χ4n) is 2.88. The minimum atomic E-state index is -1.26. The lowest BCUT2D eigenvalue weighted by atomic mass is 10.1. The van der Waals surface area contributed by atoms with Gasteiger partial charge in [-0.1, -0.05) is 32.0 Å². The van der Waals surface area contributed by atoms with Gasteiger partial charge in [0.15, 0.2) is 5.82 Å². The maximum absolute atomic E-state index is 11.9. The van der Waals surface area contributed by atoms with Crippen LogP contribution in [0.3, 0.4) is 0 Å². The summed E-state index contributed by atoms with van der Waals surface area (Å²) in [6.07, 6.45) is 2.94. The monoisotopic (exact) mass is 427 g/mol. The molecule has 1 aromatic carbocycles. The van der Waals surface area contributed by atoms with Crippen LogP contribution < -0.4 is 10.6 Å². The molecule has 0 radical (unpaired) electrons. The molecule has 2 heterocycles. The number of carboxylic acid groups (broad SMARTS) is 2. The van der Waals surface area contributed by atoms with E-state index >= 15 is 0 Å². The molecule has 4 N–H and O–H groups in total. The van der Waals surface area contributed by atoms with Crippen LogP contribution in [0.5, 0.6) is 0 Å². The highest BCUT2D eigenvalue weighted by Gasteiger charge is 2.15. The lowest BCUT2D eigenvalue weighted by Gasteiger charge is -2.11. The topological polar surface area (TPSA) is 146 Å². The lowest BCUT2D eigenvalue weighted by Crippen LogP contribution is -2.25. The van der Waals surface area contributed by atoms with Crippen molar-refractivity contribution < 1.29 is 24.6 Å². The second-order valence-electron chi connectivity index (χ2n) is 7.05. The first-order valence-electron chi connectivity index (χ1n) is 9.54. The SMILES string of the molecule is CNCC(=O)Nc1nc2ccccc2c2c1ncn2CC(C)C.O=C(O)/C=C\C(=O)O. The van der Waals surface area contributed by atoms with E-state index in [1.54, 1.807) is 7.05 Å². The summed E-state index contributed by atoms with van der Waals surface area (Å²) in [7, 11) is 1.74. The molecule has 10 heteroatoms. The van der Waals surface area contributed by atoms with Gasteiger partial charge in [-0.25, -0.2) is 19.6 Å². The first-order valence-corrected chi connectivity index (χ1v) is 9.54. The van der Waals surface area contributed by atoms with Crippen molar-refractivity contribution in [1.82, 2.24) is 19.9 Å². The second kappa shape index (κ2) is 10.8. The molecule has 0 saturated carbocycles. The highest BCUT2D eigenvalue weighted by Crippen LogP contribution is 2.29. The molecular weight excluding hydrogens is 402 g/mol. The van der Waals surface area contributed by atoms with Crippen LogP contribution in [0.1, 0.15) is 13.8 Å². The zero-order valence-electron chi connectivity index (χ0n) is 17.5. The van der Waals surface area contributed by atoms with Crippen LogP contribution >= 0.6 is 0 Å². The summed E-state index contributed by atoms with van der Waals surface area (Å²) >= 11 is 0. The van der Waals surface area contributed by atoms with Gasteiger partial charge in [0, 0.05) is 24.1 Å². The van der Waals surface area contributed by atoms with Crippen molar-refractivity contribution in [2.75, 3.05) is 18.9 Å². The van der Waals surface area contributed by atoms with Crippen LogP contribution in [-0.2, 0) is 20.9 Å². The number of rotatable bonds is 7. The number of amides is 1. The number of para-hydroxylation sites is 1. The molecule has 31 heavy (non-hydrogen) atoms. The molecule has 0 aliphatic rings. The second-order valence-corrected chi connectivity index (χ2v) is 7.05. The number of nitrogens with one attached hydrogen (secondary N) is 2. The van der Waals surface area contributed by atoms with Gasteiger partial charge in [-0.2, -0.15) is 0 Å². The van der Waals surface area contributed by atoms with Gasteiger partial charge in [0.05, 0.1) is 23.9 Å². The Hall–Kier alpha value is -3.79. The Kier molecular flexibility index (Phi) is 8.21. The summed E-state index contributed by atoms with van der Waals surface area (Å²) < 4.78 is 2.14. The van der Waals surface area contributed by atoms with Gasteiger partial charge in [-0.3, -0.25) is 4.79 Å². The fraction of sp³-hybridized carbons (Fsp3) is 0.286. The summed E-state index contributed by atoms with van der Waals surface area (Å²) in [6.45, 7) is 5.45. The zero-order chi connectivity index (χ0) is 23.0. The number of likely N-dealkylation sites (N-methyl/N-ethyl adjacent to an activating group) is 1. The molecule has 1 amide bonds. The van der Waals surface area contributed by atoms with Crippen molar-refractivity contribution in [3.8, 4) is 0 Å². The van der Waals surface area contributed by atoms with Gasteiger partial charge in [0.25, 0.3) is 0 Å². The maximum Gasteiger partial charge on any atom is 0.328 e. The highest BCUT2D eigenvalue weighted by atomic mass is 16.4. The summed E-state index contributed by atoms with van der Waals surface area (Å²) in [5.74, 6) is -1.63. The molecule has 0 aliphatic heterocycles. The van der Waals surface area contributed by atoms with Crippen LogP contribution in [0, 0.1) is 5.92 Å². The van der Waals surface area contributed by atoms with Crippen molar-refractivity contribution in [2.24, 2.45) is 5.92 Å². The molecule has 164 valence electrons. The van der Waals surface area contributed by atoms with E-state index in [-0.39, 0.29) is 12.5 Å². The predicted octanol–water partition coefficient (Wildman–Crippen LogP) is 2.11. The first kappa shape index (κ1) is 23.5. The van der Waals surface area contributed by atoms with Gasteiger partial charge < -0.3 is 25.4 Å². The summed E-state index contributed by atoms with van der Waals surface area (Å²) in [4.78, 5) is 40.1. The molecule has 0 fully saturated rings. The number of carboxylic acids is 2. The predicted molar refractivity (Wildman–Crippen MR) is 117 cm³/mol. The number of fused-ring (bicyclic) bond motifs is 3. The lowest BCUT2D eigenvalue weighted by molar-refractivity contribution is -0.134. The van der Waals surface area contributed by atoms with E-state index in [1.165, 1.54) is 0 Å². The molecule has 0 aliphatic carbocycles. The minimum absolute atomic E-state index is 0.130. The molecule has 0 saturated heterocycles. The third kappa shape index (κ3) is 6.61. The molecule has 3 rings (SSSR count). The zero-order valence-corrected chi connectivity index (χ0v) is 17.5. The number of benzene rings is 1. The number of carbonyl (C=O) groups is 3. The van der Waals surface area contributed by atoms with Crippen LogP contribution in [0.4, 0.5) is 5.82 Å². The van der Waals surface area contributed by atoms with E-state index < -0.39 is 11.9 Å². The van der Waals surface area contributed by atoms with Crippen molar-refractivity contribution in [1.29, 1.82) is 0 Å². The number of aromatic nitrogens is 3. The van der Waals surface area contributed by atoms with E-state index in [1.807, 2.05) is 30.6 Å². The molecule has 2 aromatic heterocycles. The highest BCUT2D eigenvalue weighted by molar-refractivity contribution is 6.09. The molecular formula is C21H25N5O5. The minimum Gasteiger partial charge on any atom is -0.478 e. The Labute approximate surface area is 178 Å². The summed E-state index contributed by atoms with van der Waals surface area (Å²) in [5, 5.41) is 22.4. The van der Waals surface area contributed by atoms with Crippen molar-refractivity contribution in [3.05, 3.63) is 42.7 Å². The van der Waals surface area contributed by atoms with Crippen LogP contribution in [0.2, 0.25) is 0 Å². The van der Waals surface area contributed by atoms with E-state index in [2.05, 4.69) is 39.0 Å². The molecule has 0 spiro atoms. The Morgan fingerprint density at radius 1 is 1.13 bits per heavy atom. The van der Waals surface area contributed by atoms with E-state index in [4.69, 9.17) is 10.2 Å². The molecule has 0 atom stereocenters. The van der Waals surface area contributed by atoms with Gasteiger partial charge >= 0.3 is 11.9 Å². The summed E-state index contributed by atoms with van der Waals surface area (Å²) in [6, 6.07) is 7.94. The van der Waals surface area contributed by atoms with Gasteiger partial charge in [-0.05, 0) is 19.0 Å².